The molecule has 10 heteroatoms. The molecule has 1 fully saturated rings. The fraction of sp³-hybridized carbons (Fsp3) is 0.240. The lowest BCUT2D eigenvalue weighted by molar-refractivity contribution is -0.129. The van der Waals surface area contributed by atoms with Crippen LogP contribution in [-0.4, -0.2) is 73.3 Å². The molecule has 0 aliphatic carbocycles. The highest BCUT2D eigenvalue weighted by Gasteiger charge is 2.26. The van der Waals surface area contributed by atoms with Crippen molar-refractivity contribution in [2.45, 2.75) is 11.7 Å². The number of amides is 2. The van der Waals surface area contributed by atoms with E-state index >= 15 is 0 Å². The third-order valence-corrected chi connectivity index (χ3v) is 6.75. The molecular formula is C25H24N6O3S. The van der Waals surface area contributed by atoms with Gasteiger partial charge in [0.05, 0.1) is 18.6 Å². The number of furan rings is 1. The van der Waals surface area contributed by atoms with Gasteiger partial charge in [0.1, 0.15) is 0 Å². The van der Waals surface area contributed by atoms with Gasteiger partial charge in [0.25, 0.3) is 5.91 Å². The summed E-state index contributed by atoms with van der Waals surface area (Å²) in [4.78, 5) is 33.1. The normalized spacial score (nSPS) is 13.7. The number of rotatable bonds is 7. The summed E-state index contributed by atoms with van der Waals surface area (Å²) in [5.74, 6) is 1.14. The number of carbonyl (C=O) groups excluding carboxylic acids is 2. The summed E-state index contributed by atoms with van der Waals surface area (Å²) < 4.78 is 7.22. The van der Waals surface area contributed by atoms with E-state index in [0.29, 0.717) is 49.5 Å². The Labute approximate surface area is 206 Å². The fourth-order valence-electron chi connectivity index (χ4n) is 3.95. The minimum Gasteiger partial charge on any atom is -0.459 e. The quantitative estimate of drug-likeness (QED) is 0.369. The zero-order chi connectivity index (χ0) is 24.0. The van der Waals surface area contributed by atoms with Gasteiger partial charge in [-0.2, -0.15) is 0 Å². The lowest BCUT2D eigenvalue weighted by atomic mass is 10.2. The molecule has 0 N–H and O–H groups in total. The molecule has 0 spiro atoms. The first kappa shape index (κ1) is 22.9. The second-order valence-electron chi connectivity index (χ2n) is 8.06. The van der Waals surface area contributed by atoms with Gasteiger partial charge in [0.15, 0.2) is 16.7 Å². The summed E-state index contributed by atoms with van der Waals surface area (Å²) in [6.07, 6.45) is 4.97. The molecule has 3 aromatic heterocycles. The number of aromatic nitrogens is 4. The second-order valence-corrected chi connectivity index (χ2v) is 9.00. The molecule has 4 aromatic rings. The third kappa shape index (κ3) is 5.27. The van der Waals surface area contributed by atoms with Crippen molar-refractivity contribution in [3.05, 3.63) is 84.6 Å². The average molecular weight is 489 g/mol. The van der Waals surface area contributed by atoms with Crippen molar-refractivity contribution in [1.29, 1.82) is 0 Å². The van der Waals surface area contributed by atoms with Crippen LogP contribution in [0.2, 0.25) is 0 Å². The van der Waals surface area contributed by atoms with Gasteiger partial charge in [-0.25, -0.2) is 0 Å². The van der Waals surface area contributed by atoms with Gasteiger partial charge < -0.3 is 14.2 Å². The minimum atomic E-state index is -0.145. The molecule has 0 unspecified atom stereocenters. The predicted molar refractivity (Wildman–Crippen MR) is 131 cm³/mol. The van der Waals surface area contributed by atoms with E-state index in [1.165, 1.54) is 18.0 Å². The molecule has 2 amide bonds. The highest BCUT2D eigenvalue weighted by Crippen LogP contribution is 2.25. The van der Waals surface area contributed by atoms with Crippen molar-refractivity contribution in [2.75, 3.05) is 31.9 Å². The van der Waals surface area contributed by atoms with Crippen molar-refractivity contribution in [2.24, 2.45) is 0 Å². The Morgan fingerprint density at radius 1 is 0.914 bits per heavy atom. The predicted octanol–water partition coefficient (Wildman–Crippen LogP) is 3.06. The highest BCUT2D eigenvalue weighted by atomic mass is 32.2. The first-order valence-electron chi connectivity index (χ1n) is 11.3. The SMILES string of the molecule is O=C(CSc1nnc(-c2cccnc2)n1Cc1ccccc1)N1CCN(C(=O)c2ccco2)CC1. The summed E-state index contributed by atoms with van der Waals surface area (Å²) in [5.41, 5.74) is 1.98. The molecule has 9 nitrogen and oxygen atoms in total. The van der Waals surface area contributed by atoms with Crippen LogP contribution in [-0.2, 0) is 11.3 Å². The molecule has 1 aliphatic heterocycles. The second kappa shape index (κ2) is 10.6. The lowest BCUT2D eigenvalue weighted by Crippen LogP contribution is -2.51. The average Bonchev–Trinajstić information content (AvgIpc) is 3.59. The Kier molecular flexibility index (Phi) is 6.89. The summed E-state index contributed by atoms with van der Waals surface area (Å²) in [6, 6.07) is 17.2. The van der Waals surface area contributed by atoms with Gasteiger partial charge in [-0.3, -0.25) is 19.1 Å². The van der Waals surface area contributed by atoms with E-state index in [0.717, 1.165) is 11.1 Å². The number of hydrogen-bond donors (Lipinski definition) is 0. The van der Waals surface area contributed by atoms with Gasteiger partial charge in [0, 0.05) is 44.1 Å². The van der Waals surface area contributed by atoms with Crippen molar-refractivity contribution < 1.29 is 14.0 Å². The Balaban J connectivity index is 1.24. The number of pyridine rings is 1. The van der Waals surface area contributed by atoms with E-state index in [2.05, 4.69) is 27.3 Å². The van der Waals surface area contributed by atoms with E-state index < -0.39 is 0 Å². The van der Waals surface area contributed by atoms with Crippen LogP contribution < -0.4 is 0 Å². The number of thioether (sulfide) groups is 1. The van der Waals surface area contributed by atoms with Crippen LogP contribution in [0.4, 0.5) is 0 Å². The van der Waals surface area contributed by atoms with E-state index in [4.69, 9.17) is 4.42 Å². The largest absolute Gasteiger partial charge is 0.459 e. The summed E-state index contributed by atoms with van der Waals surface area (Å²) >= 11 is 1.37. The Hall–Kier alpha value is -3.92. The maximum absolute atomic E-state index is 12.9. The molecule has 1 saturated heterocycles. The Morgan fingerprint density at radius 2 is 1.71 bits per heavy atom. The van der Waals surface area contributed by atoms with Crippen LogP contribution in [0.3, 0.4) is 0 Å². The topological polar surface area (TPSA) is 97.4 Å². The van der Waals surface area contributed by atoms with E-state index in [1.807, 2.05) is 34.9 Å². The molecule has 178 valence electrons. The van der Waals surface area contributed by atoms with E-state index in [1.54, 1.807) is 34.3 Å². The maximum atomic E-state index is 12.9. The van der Waals surface area contributed by atoms with Gasteiger partial charge >= 0.3 is 0 Å². The minimum absolute atomic E-state index is 0.0114. The molecule has 1 aliphatic rings. The summed E-state index contributed by atoms with van der Waals surface area (Å²) in [5, 5.41) is 9.46. The van der Waals surface area contributed by atoms with E-state index in [-0.39, 0.29) is 17.6 Å². The summed E-state index contributed by atoms with van der Waals surface area (Å²) in [7, 11) is 0. The van der Waals surface area contributed by atoms with Crippen LogP contribution in [0.15, 0.2) is 82.8 Å². The maximum Gasteiger partial charge on any atom is 0.289 e. The van der Waals surface area contributed by atoms with Gasteiger partial charge in [-0.1, -0.05) is 42.1 Å². The fourth-order valence-corrected chi connectivity index (χ4v) is 4.79. The van der Waals surface area contributed by atoms with Crippen LogP contribution >= 0.6 is 11.8 Å². The number of hydrogen-bond acceptors (Lipinski definition) is 7. The van der Waals surface area contributed by atoms with Crippen molar-refractivity contribution in [3.63, 3.8) is 0 Å². The summed E-state index contributed by atoms with van der Waals surface area (Å²) in [6.45, 7) is 2.52. The van der Waals surface area contributed by atoms with Gasteiger partial charge in [0.2, 0.25) is 5.91 Å². The zero-order valence-corrected chi connectivity index (χ0v) is 19.8. The third-order valence-electron chi connectivity index (χ3n) is 5.80. The smallest absolute Gasteiger partial charge is 0.289 e. The molecule has 5 rings (SSSR count). The lowest BCUT2D eigenvalue weighted by Gasteiger charge is -2.34. The first-order valence-corrected chi connectivity index (χ1v) is 12.3. The number of nitrogens with zero attached hydrogens (tertiary/aromatic N) is 6. The number of piperazine rings is 1. The molecule has 0 bridgehead atoms. The van der Waals surface area contributed by atoms with Crippen molar-refractivity contribution >= 4 is 23.6 Å². The molecule has 0 atom stereocenters. The number of carbonyl (C=O) groups is 2. The monoisotopic (exact) mass is 488 g/mol. The first-order chi connectivity index (χ1) is 17.2. The van der Waals surface area contributed by atoms with Crippen LogP contribution in [0.5, 0.6) is 0 Å². The van der Waals surface area contributed by atoms with Crippen LogP contribution in [0, 0.1) is 0 Å². The molecule has 35 heavy (non-hydrogen) atoms. The number of benzene rings is 1. The van der Waals surface area contributed by atoms with Crippen molar-refractivity contribution in [1.82, 2.24) is 29.5 Å². The van der Waals surface area contributed by atoms with Crippen LogP contribution in [0.1, 0.15) is 16.1 Å². The molecular weight excluding hydrogens is 464 g/mol. The molecule has 0 saturated carbocycles. The Morgan fingerprint density at radius 3 is 2.43 bits per heavy atom. The standard InChI is InChI=1S/C25H24N6O3S/c32-22(29-11-13-30(14-12-29)24(33)21-9-5-15-34-21)18-35-25-28-27-23(20-8-4-10-26-16-20)31(25)17-19-6-2-1-3-7-19/h1-10,15-16H,11-14,17-18H2. The highest BCUT2D eigenvalue weighted by molar-refractivity contribution is 7.99. The van der Waals surface area contributed by atoms with Crippen LogP contribution in [0.25, 0.3) is 11.4 Å². The molecule has 1 aromatic carbocycles. The van der Waals surface area contributed by atoms with Crippen molar-refractivity contribution in [3.8, 4) is 11.4 Å². The van der Waals surface area contributed by atoms with Gasteiger partial charge in [-0.05, 0) is 29.8 Å². The Bertz CT molecular complexity index is 1270. The molecule has 0 radical (unpaired) electrons. The zero-order valence-electron chi connectivity index (χ0n) is 19.0. The van der Waals surface area contributed by atoms with E-state index in [9.17, 15) is 9.59 Å². The van der Waals surface area contributed by atoms with Gasteiger partial charge in [-0.15, -0.1) is 10.2 Å². The molecule has 4 heterocycles.